The van der Waals surface area contributed by atoms with E-state index in [4.69, 9.17) is 0 Å². The van der Waals surface area contributed by atoms with Crippen molar-refractivity contribution >= 4 is 32.8 Å². The molecule has 0 radical (unpaired) electrons. The minimum atomic E-state index is 1.05. The van der Waals surface area contributed by atoms with Crippen LogP contribution in [-0.4, -0.2) is 0 Å². The molecular formula is C14H12S2. The van der Waals surface area contributed by atoms with Crippen molar-refractivity contribution in [2.45, 2.75) is 13.3 Å². The summed E-state index contributed by atoms with van der Waals surface area (Å²) in [5.74, 6) is 0. The molecule has 0 atom stereocenters. The van der Waals surface area contributed by atoms with Crippen LogP contribution < -0.4 is 0 Å². The van der Waals surface area contributed by atoms with E-state index in [1.807, 2.05) is 11.3 Å². The summed E-state index contributed by atoms with van der Waals surface area (Å²) in [5.41, 5.74) is 2.82. The Morgan fingerprint density at radius 3 is 2.81 bits per heavy atom. The molecule has 2 aromatic heterocycles. The zero-order chi connectivity index (χ0) is 11.0. The van der Waals surface area contributed by atoms with Crippen LogP contribution in [0.25, 0.3) is 10.1 Å². The number of hydrogen-bond donors (Lipinski definition) is 0. The molecule has 80 valence electrons. The average molecular weight is 244 g/mol. The van der Waals surface area contributed by atoms with Gasteiger partial charge in [0.1, 0.15) is 0 Å². The van der Waals surface area contributed by atoms with Gasteiger partial charge in [0, 0.05) is 9.58 Å². The molecule has 2 heterocycles. The van der Waals surface area contributed by atoms with Gasteiger partial charge in [-0.25, -0.2) is 0 Å². The molecule has 0 nitrogen and oxygen atoms in total. The lowest BCUT2D eigenvalue weighted by Crippen LogP contribution is -1.84. The second-order valence-corrected chi connectivity index (χ2v) is 6.11. The number of hydrogen-bond acceptors (Lipinski definition) is 2. The zero-order valence-corrected chi connectivity index (χ0v) is 10.7. The van der Waals surface area contributed by atoms with Gasteiger partial charge < -0.3 is 0 Å². The Balaban J connectivity index is 1.98. The number of aryl methyl sites for hydroxylation is 1. The summed E-state index contributed by atoms with van der Waals surface area (Å²) in [6.07, 6.45) is 1.05. The van der Waals surface area contributed by atoms with Crippen molar-refractivity contribution in [3.8, 4) is 0 Å². The Kier molecular flexibility index (Phi) is 2.54. The smallest absolute Gasteiger partial charge is 0.0345 e. The Bertz CT molecular complexity index is 603. The molecule has 2 heteroatoms. The lowest BCUT2D eigenvalue weighted by atomic mass is 10.1. The van der Waals surface area contributed by atoms with Crippen molar-refractivity contribution < 1.29 is 0 Å². The topological polar surface area (TPSA) is 0 Å². The molecule has 0 bridgehead atoms. The van der Waals surface area contributed by atoms with Gasteiger partial charge in [0.2, 0.25) is 0 Å². The van der Waals surface area contributed by atoms with Crippen LogP contribution in [0.5, 0.6) is 0 Å². The third-order valence-corrected chi connectivity index (χ3v) is 4.46. The Hall–Kier alpha value is -1.12. The SMILES string of the molecule is Cc1cc2cc(Cc3ccsc3)ccc2s1. The average Bonchev–Trinajstić information content (AvgIpc) is 2.85. The largest absolute Gasteiger partial charge is 0.152 e. The predicted octanol–water partition coefficient (Wildman–Crippen LogP) is 4.86. The monoisotopic (exact) mass is 244 g/mol. The maximum absolute atomic E-state index is 2.32. The van der Waals surface area contributed by atoms with Crippen LogP contribution in [0.4, 0.5) is 0 Å². The molecule has 0 unspecified atom stereocenters. The molecule has 1 aromatic carbocycles. The summed E-state index contributed by atoms with van der Waals surface area (Å²) in [7, 11) is 0. The summed E-state index contributed by atoms with van der Waals surface area (Å²) in [5, 5.41) is 5.75. The lowest BCUT2D eigenvalue weighted by molar-refractivity contribution is 1.22. The van der Waals surface area contributed by atoms with Crippen molar-refractivity contribution in [1.29, 1.82) is 0 Å². The molecule has 0 aliphatic carbocycles. The van der Waals surface area contributed by atoms with E-state index in [1.54, 1.807) is 11.3 Å². The van der Waals surface area contributed by atoms with E-state index in [-0.39, 0.29) is 0 Å². The molecule has 0 amide bonds. The van der Waals surface area contributed by atoms with Gasteiger partial charge in [0.05, 0.1) is 0 Å². The minimum Gasteiger partial charge on any atom is -0.152 e. The molecule has 3 rings (SSSR count). The maximum Gasteiger partial charge on any atom is 0.0345 e. The Labute approximate surface area is 103 Å². The first-order chi connectivity index (χ1) is 7.81. The minimum absolute atomic E-state index is 1.05. The molecule has 0 spiro atoms. The van der Waals surface area contributed by atoms with Crippen LogP contribution in [-0.2, 0) is 6.42 Å². The summed E-state index contributed by atoms with van der Waals surface area (Å²) in [6, 6.07) is 11.3. The van der Waals surface area contributed by atoms with Crippen LogP contribution in [0, 0.1) is 6.92 Å². The standard InChI is InChI=1S/C14H12S2/c1-10-6-13-8-11(2-3-14(13)16-10)7-12-4-5-15-9-12/h2-6,8-9H,7H2,1H3. The van der Waals surface area contributed by atoms with E-state index in [0.29, 0.717) is 0 Å². The quantitative estimate of drug-likeness (QED) is 0.604. The van der Waals surface area contributed by atoms with E-state index in [1.165, 1.54) is 26.1 Å². The third-order valence-electron chi connectivity index (χ3n) is 2.69. The molecule has 0 saturated carbocycles. The van der Waals surface area contributed by atoms with Gasteiger partial charge in [-0.05, 0) is 64.9 Å². The zero-order valence-electron chi connectivity index (χ0n) is 9.07. The third kappa shape index (κ3) is 1.91. The molecule has 16 heavy (non-hydrogen) atoms. The predicted molar refractivity (Wildman–Crippen MR) is 73.7 cm³/mol. The van der Waals surface area contributed by atoms with Gasteiger partial charge in [-0.2, -0.15) is 11.3 Å². The van der Waals surface area contributed by atoms with Gasteiger partial charge in [-0.1, -0.05) is 6.07 Å². The van der Waals surface area contributed by atoms with Crippen LogP contribution in [0.15, 0.2) is 41.1 Å². The first kappa shape index (κ1) is 10.1. The van der Waals surface area contributed by atoms with Gasteiger partial charge in [-0.15, -0.1) is 11.3 Å². The fraction of sp³-hybridized carbons (Fsp3) is 0.143. The summed E-state index contributed by atoms with van der Waals surface area (Å²) >= 11 is 3.64. The van der Waals surface area contributed by atoms with E-state index in [2.05, 4.69) is 48.0 Å². The first-order valence-corrected chi connectivity index (χ1v) is 7.07. The van der Waals surface area contributed by atoms with E-state index >= 15 is 0 Å². The van der Waals surface area contributed by atoms with E-state index in [0.717, 1.165) is 6.42 Å². The van der Waals surface area contributed by atoms with Crippen molar-refractivity contribution in [3.05, 3.63) is 57.1 Å². The fourth-order valence-corrected chi connectivity index (χ4v) is 3.54. The summed E-state index contributed by atoms with van der Waals surface area (Å²) in [4.78, 5) is 1.39. The number of thiophene rings is 2. The number of benzene rings is 1. The van der Waals surface area contributed by atoms with Gasteiger partial charge in [0.15, 0.2) is 0 Å². The van der Waals surface area contributed by atoms with Gasteiger partial charge in [0.25, 0.3) is 0 Å². The second kappa shape index (κ2) is 4.04. The fourth-order valence-electron chi connectivity index (χ4n) is 1.96. The molecular weight excluding hydrogens is 232 g/mol. The van der Waals surface area contributed by atoms with E-state index < -0.39 is 0 Å². The van der Waals surface area contributed by atoms with Crippen molar-refractivity contribution in [2.24, 2.45) is 0 Å². The summed E-state index contributed by atoms with van der Waals surface area (Å²) in [6.45, 7) is 2.17. The molecule has 0 N–H and O–H groups in total. The number of fused-ring (bicyclic) bond motifs is 1. The summed E-state index contributed by atoms with van der Waals surface area (Å²) < 4.78 is 1.39. The highest BCUT2D eigenvalue weighted by atomic mass is 32.1. The van der Waals surface area contributed by atoms with Crippen molar-refractivity contribution in [3.63, 3.8) is 0 Å². The van der Waals surface area contributed by atoms with Crippen LogP contribution in [0.2, 0.25) is 0 Å². The molecule has 0 aliphatic heterocycles. The lowest BCUT2D eigenvalue weighted by Gasteiger charge is -1.99. The van der Waals surface area contributed by atoms with E-state index in [9.17, 15) is 0 Å². The van der Waals surface area contributed by atoms with Crippen LogP contribution in [0.1, 0.15) is 16.0 Å². The molecule has 3 aromatic rings. The van der Waals surface area contributed by atoms with Crippen LogP contribution in [0.3, 0.4) is 0 Å². The number of rotatable bonds is 2. The van der Waals surface area contributed by atoms with Gasteiger partial charge in [-0.3, -0.25) is 0 Å². The first-order valence-electron chi connectivity index (χ1n) is 5.31. The van der Waals surface area contributed by atoms with Gasteiger partial charge >= 0.3 is 0 Å². The van der Waals surface area contributed by atoms with Crippen molar-refractivity contribution in [1.82, 2.24) is 0 Å². The Morgan fingerprint density at radius 1 is 1.06 bits per heavy atom. The molecule has 0 saturated heterocycles. The normalized spacial score (nSPS) is 11.1. The Morgan fingerprint density at radius 2 is 2.00 bits per heavy atom. The highest BCUT2D eigenvalue weighted by molar-refractivity contribution is 7.19. The molecule has 0 fully saturated rings. The van der Waals surface area contributed by atoms with Crippen molar-refractivity contribution in [2.75, 3.05) is 0 Å². The second-order valence-electron chi connectivity index (χ2n) is 4.04. The highest BCUT2D eigenvalue weighted by Gasteiger charge is 2.01. The maximum atomic E-state index is 2.32. The van der Waals surface area contributed by atoms with Crippen LogP contribution >= 0.6 is 22.7 Å². The molecule has 0 aliphatic rings. The highest BCUT2D eigenvalue weighted by Crippen LogP contribution is 2.26.